The van der Waals surface area contributed by atoms with Crippen molar-refractivity contribution in [2.45, 2.75) is 13.8 Å². The maximum Gasteiger partial charge on any atom is 0.271 e. The first-order valence-electron chi connectivity index (χ1n) is 4.83. The summed E-state index contributed by atoms with van der Waals surface area (Å²) in [6.07, 6.45) is 0. The van der Waals surface area contributed by atoms with E-state index in [1.54, 1.807) is 20.2 Å². The van der Waals surface area contributed by atoms with Gasteiger partial charge in [-0.2, -0.15) is 0 Å². The molecule has 0 bridgehead atoms. The summed E-state index contributed by atoms with van der Waals surface area (Å²) in [5.41, 5.74) is 1.65. The van der Waals surface area contributed by atoms with Crippen molar-refractivity contribution in [2.75, 3.05) is 24.7 Å². The second-order valence-corrected chi connectivity index (χ2v) is 2.49. The van der Waals surface area contributed by atoms with Crippen LogP contribution in [0.1, 0.15) is 13.8 Å². The highest BCUT2D eigenvalue weighted by Gasteiger charge is 2.08. The third-order valence-corrected chi connectivity index (χ3v) is 1.75. The van der Waals surface area contributed by atoms with Crippen LogP contribution in [0.2, 0.25) is 0 Å². The molecule has 0 amide bonds. The van der Waals surface area contributed by atoms with Gasteiger partial charge in [-0.15, -0.1) is 0 Å². The molecule has 0 aromatic heterocycles. The third-order valence-electron chi connectivity index (χ3n) is 1.75. The lowest BCUT2D eigenvalue weighted by molar-refractivity contribution is -0.384. The number of nitrogens with one attached hydrogen (secondary N) is 2. The predicted molar refractivity (Wildman–Crippen MR) is 63.5 cm³/mol. The number of anilines is 2. The molecule has 84 valence electrons. The van der Waals surface area contributed by atoms with Crippen LogP contribution in [0.5, 0.6) is 0 Å². The maximum absolute atomic E-state index is 10.4. The van der Waals surface area contributed by atoms with E-state index in [0.717, 1.165) is 11.4 Å². The van der Waals surface area contributed by atoms with Gasteiger partial charge in [0.1, 0.15) is 0 Å². The summed E-state index contributed by atoms with van der Waals surface area (Å²) < 4.78 is 0. The summed E-state index contributed by atoms with van der Waals surface area (Å²) in [5, 5.41) is 16.2. The Bertz CT molecular complexity index is 326. The van der Waals surface area contributed by atoms with Crippen molar-refractivity contribution in [1.82, 2.24) is 0 Å². The standard InChI is InChI=1S/C8H11N3O2.C2H6/c1-9-7-4-3-6(11(12)13)5-8(7)10-2;1-2/h3-5,9-10H,1-2H3;1-2H3. The molecule has 0 aliphatic carbocycles. The smallest absolute Gasteiger partial charge is 0.271 e. The van der Waals surface area contributed by atoms with Crippen LogP contribution in [-0.2, 0) is 0 Å². The molecular weight excluding hydrogens is 194 g/mol. The van der Waals surface area contributed by atoms with Crippen LogP contribution in [0.15, 0.2) is 18.2 Å². The number of rotatable bonds is 3. The zero-order valence-electron chi connectivity index (χ0n) is 9.50. The minimum absolute atomic E-state index is 0.0864. The summed E-state index contributed by atoms with van der Waals surface area (Å²) in [4.78, 5) is 10.0. The van der Waals surface area contributed by atoms with Crippen LogP contribution >= 0.6 is 0 Å². The molecule has 0 atom stereocenters. The number of benzene rings is 1. The zero-order chi connectivity index (χ0) is 11.8. The SMILES string of the molecule is CC.CNc1ccc([N+](=O)[O-])cc1NC. The number of nitro benzene ring substituents is 1. The average molecular weight is 211 g/mol. The van der Waals surface area contributed by atoms with Gasteiger partial charge in [-0.3, -0.25) is 10.1 Å². The highest BCUT2D eigenvalue weighted by molar-refractivity contribution is 5.71. The molecule has 0 unspecified atom stereocenters. The molecule has 0 saturated heterocycles. The van der Waals surface area contributed by atoms with E-state index in [-0.39, 0.29) is 5.69 Å². The van der Waals surface area contributed by atoms with Crippen LogP contribution in [0, 0.1) is 10.1 Å². The fraction of sp³-hybridized carbons (Fsp3) is 0.400. The molecule has 1 rings (SSSR count). The van der Waals surface area contributed by atoms with E-state index >= 15 is 0 Å². The lowest BCUT2D eigenvalue weighted by atomic mass is 10.2. The first-order chi connectivity index (χ1) is 7.19. The molecule has 0 fully saturated rings. The van der Waals surface area contributed by atoms with Crippen molar-refractivity contribution < 1.29 is 4.92 Å². The minimum Gasteiger partial charge on any atom is -0.386 e. The van der Waals surface area contributed by atoms with Gasteiger partial charge in [0.05, 0.1) is 16.3 Å². The number of nitrogens with zero attached hydrogens (tertiary/aromatic N) is 1. The Morgan fingerprint density at radius 1 is 1.13 bits per heavy atom. The van der Waals surface area contributed by atoms with Gasteiger partial charge >= 0.3 is 0 Å². The normalized spacial score (nSPS) is 8.53. The van der Waals surface area contributed by atoms with E-state index in [9.17, 15) is 10.1 Å². The highest BCUT2D eigenvalue weighted by atomic mass is 16.6. The first-order valence-corrected chi connectivity index (χ1v) is 4.83. The Balaban J connectivity index is 0.000000921. The molecule has 0 heterocycles. The summed E-state index contributed by atoms with van der Waals surface area (Å²) in [6.45, 7) is 4.00. The molecule has 0 saturated carbocycles. The molecule has 5 nitrogen and oxygen atoms in total. The molecule has 1 aromatic rings. The van der Waals surface area contributed by atoms with E-state index < -0.39 is 4.92 Å². The van der Waals surface area contributed by atoms with Crippen molar-refractivity contribution in [2.24, 2.45) is 0 Å². The molecule has 2 N–H and O–H groups in total. The van der Waals surface area contributed by atoms with E-state index in [0.29, 0.717) is 0 Å². The number of hydrogen-bond acceptors (Lipinski definition) is 4. The number of nitro groups is 1. The maximum atomic E-state index is 10.4. The second kappa shape index (κ2) is 6.64. The van der Waals surface area contributed by atoms with Crippen molar-refractivity contribution in [1.29, 1.82) is 0 Å². The fourth-order valence-corrected chi connectivity index (χ4v) is 1.07. The molecule has 0 spiro atoms. The van der Waals surface area contributed by atoms with Gasteiger partial charge < -0.3 is 10.6 Å². The van der Waals surface area contributed by atoms with Gasteiger partial charge in [0.15, 0.2) is 0 Å². The number of non-ortho nitro benzene ring substituents is 1. The Morgan fingerprint density at radius 3 is 2.07 bits per heavy atom. The summed E-state index contributed by atoms with van der Waals surface area (Å²) in [7, 11) is 3.49. The Morgan fingerprint density at radius 2 is 1.67 bits per heavy atom. The van der Waals surface area contributed by atoms with Crippen LogP contribution in [0.3, 0.4) is 0 Å². The van der Waals surface area contributed by atoms with Crippen LogP contribution in [-0.4, -0.2) is 19.0 Å². The first kappa shape index (κ1) is 13.2. The molecule has 5 heteroatoms. The van der Waals surface area contributed by atoms with Crippen LogP contribution < -0.4 is 10.6 Å². The Kier molecular flexibility index (Phi) is 5.85. The predicted octanol–water partition coefficient (Wildman–Crippen LogP) is 2.70. The second-order valence-electron chi connectivity index (χ2n) is 2.49. The van der Waals surface area contributed by atoms with Crippen LogP contribution in [0.25, 0.3) is 0 Å². The lowest BCUT2D eigenvalue weighted by Gasteiger charge is -2.07. The van der Waals surface area contributed by atoms with E-state index in [1.807, 2.05) is 13.8 Å². The Labute approximate surface area is 89.6 Å². The lowest BCUT2D eigenvalue weighted by Crippen LogP contribution is -1.97. The summed E-state index contributed by atoms with van der Waals surface area (Å²) in [5.74, 6) is 0. The van der Waals surface area contributed by atoms with Gasteiger partial charge in [0.25, 0.3) is 5.69 Å². The monoisotopic (exact) mass is 211 g/mol. The molecule has 0 radical (unpaired) electrons. The van der Waals surface area contributed by atoms with Gasteiger partial charge in [0.2, 0.25) is 0 Å². The van der Waals surface area contributed by atoms with Crippen molar-refractivity contribution in [3.05, 3.63) is 28.3 Å². The zero-order valence-corrected chi connectivity index (χ0v) is 9.50. The van der Waals surface area contributed by atoms with Crippen molar-refractivity contribution in [3.8, 4) is 0 Å². The van der Waals surface area contributed by atoms with Gasteiger partial charge in [-0.25, -0.2) is 0 Å². The van der Waals surface area contributed by atoms with Crippen LogP contribution in [0.4, 0.5) is 17.1 Å². The molecule has 15 heavy (non-hydrogen) atoms. The van der Waals surface area contributed by atoms with Gasteiger partial charge in [0, 0.05) is 26.2 Å². The summed E-state index contributed by atoms with van der Waals surface area (Å²) >= 11 is 0. The van der Waals surface area contributed by atoms with Crippen molar-refractivity contribution >= 4 is 17.1 Å². The fourth-order valence-electron chi connectivity index (χ4n) is 1.07. The van der Waals surface area contributed by atoms with Crippen molar-refractivity contribution in [3.63, 3.8) is 0 Å². The van der Waals surface area contributed by atoms with E-state index in [1.165, 1.54) is 12.1 Å². The Hall–Kier alpha value is -1.78. The third kappa shape index (κ3) is 3.46. The summed E-state index contributed by atoms with van der Waals surface area (Å²) in [6, 6.07) is 4.63. The molecule has 0 aliphatic rings. The minimum atomic E-state index is -0.416. The van der Waals surface area contributed by atoms with Gasteiger partial charge in [-0.05, 0) is 6.07 Å². The molecule has 1 aromatic carbocycles. The van der Waals surface area contributed by atoms with Gasteiger partial charge in [-0.1, -0.05) is 13.8 Å². The quantitative estimate of drug-likeness (QED) is 0.596. The average Bonchev–Trinajstić information content (AvgIpc) is 2.30. The number of hydrogen-bond donors (Lipinski definition) is 2. The molecular formula is C10H17N3O2. The van der Waals surface area contributed by atoms with E-state index in [2.05, 4.69) is 10.6 Å². The topological polar surface area (TPSA) is 67.2 Å². The molecule has 0 aliphatic heterocycles. The largest absolute Gasteiger partial charge is 0.386 e. The highest BCUT2D eigenvalue weighted by Crippen LogP contribution is 2.25. The van der Waals surface area contributed by atoms with E-state index in [4.69, 9.17) is 0 Å².